The quantitative estimate of drug-likeness (QED) is 0.354. The van der Waals surface area contributed by atoms with Gasteiger partial charge < -0.3 is 15.2 Å². The number of alkyl halides is 3. The molecule has 4 rings (SSSR count). The summed E-state index contributed by atoms with van der Waals surface area (Å²) in [7, 11) is -4.04. The first-order valence-corrected chi connectivity index (χ1v) is 13.8. The molecule has 0 unspecified atom stereocenters. The van der Waals surface area contributed by atoms with Gasteiger partial charge in [0, 0.05) is 30.3 Å². The van der Waals surface area contributed by atoms with Crippen LogP contribution in [0.15, 0.2) is 33.8 Å². The zero-order valence-electron chi connectivity index (χ0n) is 20.9. The third-order valence-corrected chi connectivity index (χ3v) is 6.41. The predicted octanol–water partition coefficient (Wildman–Crippen LogP) is 4.98. The molecule has 0 spiro atoms. The van der Waals surface area contributed by atoms with E-state index in [1.54, 1.807) is 0 Å². The van der Waals surface area contributed by atoms with Crippen molar-refractivity contribution in [3.05, 3.63) is 52.1 Å². The van der Waals surface area contributed by atoms with Gasteiger partial charge in [0.15, 0.2) is 21.4 Å². The lowest BCUT2D eigenvalue weighted by molar-refractivity contribution is -0.137. The lowest BCUT2D eigenvalue weighted by Gasteiger charge is -2.11. The largest absolute Gasteiger partial charge is 0.416 e. The second-order valence-electron chi connectivity index (χ2n) is 8.77. The SMILES string of the molecule is CCNc1nc(Cl)nc(NC(C)C)n1.CS(=O)(=O)c1cc(C(F)(F)F)ccc1C(=O)c1cnoc1C1CC1. The van der Waals surface area contributed by atoms with Gasteiger partial charge in [-0.3, -0.25) is 4.79 Å². The van der Waals surface area contributed by atoms with Gasteiger partial charge in [-0.15, -0.1) is 0 Å². The molecule has 15 heteroatoms. The monoisotopic (exact) mass is 574 g/mol. The van der Waals surface area contributed by atoms with Gasteiger partial charge in [-0.25, -0.2) is 8.42 Å². The molecule has 3 aromatic rings. The summed E-state index contributed by atoms with van der Waals surface area (Å²) in [5.41, 5.74) is -1.37. The van der Waals surface area contributed by atoms with Gasteiger partial charge in [-0.2, -0.15) is 28.1 Å². The number of rotatable bonds is 8. The molecule has 10 nitrogen and oxygen atoms in total. The van der Waals surface area contributed by atoms with Crippen molar-refractivity contribution in [1.29, 1.82) is 0 Å². The molecule has 1 saturated carbocycles. The minimum Gasteiger partial charge on any atom is -0.360 e. The minimum atomic E-state index is -4.71. The molecule has 2 N–H and O–H groups in total. The van der Waals surface area contributed by atoms with Crippen molar-refractivity contribution in [1.82, 2.24) is 20.1 Å². The molecule has 0 bridgehead atoms. The third-order valence-electron chi connectivity index (χ3n) is 5.10. The molecule has 2 aromatic heterocycles. The fourth-order valence-corrected chi connectivity index (χ4v) is 4.37. The van der Waals surface area contributed by atoms with Crippen molar-refractivity contribution in [2.24, 2.45) is 0 Å². The van der Waals surface area contributed by atoms with Crippen LogP contribution in [0, 0.1) is 0 Å². The maximum Gasteiger partial charge on any atom is 0.416 e. The lowest BCUT2D eigenvalue weighted by Crippen LogP contribution is -2.14. The molecule has 0 saturated heterocycles. The molecule has 0 amide bonds. The smallest absolute Gasteiger partial charge is 0.360 e. The average Bonchev–Trinajstić information content (AvgIpc) is 3.53. The van der Waals surface area contributed by atoms with E-state index in [1.807, 2.05) is 20.8 Å². The number of carbonyl (C=O) groups is 1. The van der Waals surface area contributed by atoms with Crippen LogP contribution in [-0.4, -0.2) is 53.2 Å². The van der Waals surface area contributed by atoms with E-state index in [9.17, 15) is 26.4 Å². The number of aromatic nitrogens is 4. The molecule has 1 aromatic carbocycles. The Labute approximate surface area is 222 Å². The molecule has 1 aliphatic rings. The van der Waals surface area contributed by atoms with E-state index in [0.29, 0.717) is 29.8 Å². The number of halogens is 4. The second kappa shape index (κ2) is 11.6. The van der Waals surface area contributed by atoms with Gasteiger partial charge in [0.25, 0.3) is 0 Å². The number of hydrogen-bond donors (Lipinski definition) is 2. The van der Waals surface area contributed by atoms with Crippen molar-refractivity contribution < 1.29 is 30.9 Å². The first-order valence-electron chi connectivity index (χ1n) is 11.5. The molecule has 1 fully saturated rings. The number of sulfone groups is 1. The standard InChI is InChI=1S/C15H12F3NO4S.C8H14ClN5/c1-24(21,22)12-6-9(15(16,17)18)4-5-10(12)13(20)11-7-19-23-14(11)8-2-3-8;1-4-10-7-12-6(9)13-8(14-7)11-5(2)3/h4-8H,2-3H2,1H3;5H,4H2,1-3H3,(H2,10,11,12,13,14). The molecular formula is C23H26ClF3N6O4S. The van der Waals surface area contributed by atoms with Crippen LogP contribution in [0.2, 0.25) is 5.28 Å². The van der Waals surface area contributed by atoms with E-state index in [0.717, 1.165) is 31.7 Å². The number of ketones is 1. The molecule has 206 valence electrons. The Morgan fingerprint density at radius 1 is 1.16 bits per heavy atom. The van der Waals surface area contributed by atoms with Gasteiger partial charge in [-0.05, 0) is 63.4 Å². The van der Waals surface area contributed by atoms with Crippen molar-refractivity contribution in [2.75, 3.05) is 23.4 Å². The number of carbonyl (C=O) groups excluding carboxylic acids is 1. The van der Waals surface area contributed by atoms with Crippen molar-refractivity contribution in [3.8, 4) is 0 Å². The van der Waals surface area contributed by atoms with Gasteiger partial charge in [0.2, 0.25) is 17.2 Å². The van der Waals surface area contributed by atoms with Crippen LogP contribution in [0.1, 0.15) is 66.8 Å². The normalized spacial score (nSPS) is 13.6. The van der Waals surface area contributed by atoms with E-state index in [2.05, 4.69) is 30.7 Å². The highest BCUT2D eigenvalue weighted by atomic mass is 35.5. The van der Waals surface area contributed by atoms with Gasteiger partial charge in [0.05, 0.1) is 22.2 Å². The Balaban J connectivity index is 0.000000244. The number of hydrogen-bond acceptors (Lipinski definition) is 10. The van der Waals surface area contributed by atoms with Crippen LogP contribution in [0.5, 0.6) is 0 Å². The van der Waals surface area contributed by atoms with Crippen LogP contribution in [0.4, 0.5) is 25.1 Å². The highest BCUT2D eigenvalue weighted by Crippen LogP contribution is 2.42. The summed E-state index contributed by atoms with van der Waals surface area (Å²) in [5, 5.41) is 9.78. The fourth-order valence-electron chi connectivity index (χ4n) is 3.31. The number of benzene rings is 1. The van der Waals surface area contributed by atoms with Crippen LogP contribution >= 0.6 is 11.6 Å². The Morgan fingerprint density at radius 3 is 2.37 bits per heavy atom. The lowest BCUT2D eigenvalue weighted by atomic mass is 10.0. The fraction of sp³-hybridized carbons (Fsp3) is 0.435. The zero-order chi connectivity index (χ0) is 28.3. The zero-order valence-corrected chi connectivity index (χ0v) is 22.5. The molecule has 2 heterocycles. The summed E-state index contributed by atoms with van der Waals surface area (Å²) in [6.07, 6.45) is -1.14. The van der Waals surface area contributed by atoms with E-state index in [4.69, 9.17) is 16.1 Å². The Kier molecular flexibility index (Phi) is 8.97. The summed E-state index contributed by atoms with van der Waals surface area (Å²) in [6.45, 7) is 6.73. The number of nitrogens with zero attached hydrogens (tertiary/aromatic N) is 4. The Morgan fingerprint density at radius 2 is 1.82 bits per heavy atom. The van der Waals surface area contributed by atoms with Gasteiger partial charge in [-0.1, -0.05) is 5.16 Å². The molecule has 38 heavy (non-hydrogen) atoms. The minimum absolute atomic E-state index is 0.0441. The van der Waals surface area contributed by atoms with E-state index < -0.39 is 32.3 Å². The summed E-state index contributed by atoms with van der Waals surface area (Å²) in [6, 6.07) is 2.31. The molecule has 0 radical (unpaired) electrons. The highest BCUT2D eigenvalue weighted by molar-refractivity contribution is 7.90. The molecule has 1 aliphatic carbocycles. The highest BCUT2D eigenvalue weighted by Gasteiger charge is 2.36. The molecular weight excluding hydrogens is 549 g/mol. The Bertz CT molecular complexity index is 1410. The topological polar surface area (TPSA) is 140 Å². The summed E-state index contributed by atoms with van der Waals surface area (Å²) >= 11 is 5.73. The number of anilines is 2. The van der Waals surface area contributed by atoms with Crippen molar-refractivity contribution >= 4 is 39.1 Å². The van der Waals surface area contributed by atoms with Crippen LogP contribution in [0.25, 0.3) is 0 Å². The van der Waals surface area contributed by atoms with E-state index >= 15 is 0 Å². The molecule has 0 atom stereocenters. The summed E-state index contributed by atoms with van der Waals surface area (Å²) < 4.78 is 67.3. The second-order valence-corrected chi connectivity index (χ2v) is 11.1. The van der Waals surface area contributed by atoms with Crippen LogP contribution in [0.3, 0.4) is 0 Å². The molecule has 0 aliphatic heterocycles. The van der Waals surface area contributed by atoms with E-state index in [-0.39, 0.29) is 28.4 Å². The maximum absolute atomic E-state index is 12.8. The summed E-state index contributed by atoms with van der Waals surface area (Å²) in [5.74, 6) is 0.667. The van der Waals surface area contributed by atoms with Gasteiger partial charge >= 0.3 is 6.18 Å². The Hall–Kier alpha value is -3.26. The van der Waals surface area contributed by atoms with Crippen molar-refractivity contribution in [2.45, 2.75) is 56.6 Å². The van der Waals surface area contributed by atoms with Crippen molar-refractivity contribution in [3.63, 3.8) is 0 Å². The van der Waals surface area contributed by atoms with Crippen LogP contribution in [-0.2, 0) is 16.0 Å². The van der Waals surface area contributed by atoms with Crippen LogP contribution < -0.4 is 10.6 Å². The number of nitrogens with one attached hydrogen (secondary N) is 2. The van der Waals surface area contributed by atoms with E-state index in [1.165, 1.54) is 6.20 Å². The summed E-state index contributed by atoms with van der Waals surface area (Å²) in [4.78, 5) is 24.0. The first kappa shape index (κ1) is 29.3. The predicted molar refractivity (Wildman–Crippen MR) is 134 cm³/mol. The third kappa shape index (κ3) is 7.63. The average molecular weight is 575 g/mol. The first-order chi connectivity index (χ1) is 17.7. The van der Waals surface area contributed by atoms with Gasteiger partial charge in [0.1, 0.15) is 0 Å². The maximum atomic E-state index is 12.8.